The number of carbonyl (C=O) groups is 4. The van der Waals surface area contributed by atoms with Crippen LogP contribution in [0.25, 0.3) is 0 Å². The van der Waals surface area contributed by atoms with Gasteiger partial charge in [0, 0.05) is 25.7 Å². The summed E-state index contributed by atoms with van der Waals surface area (Å²) in [5.41, 5.74) is 0. The third-order valence-electron chi connectivity index (χ3n) is 17.5. The number of esters is 4. The minimum absolute atomic E-state index is 0.104. The second kappa shape index (κ2) is 62.6. The zero-order valence-corrected chi connectivity index (χ0v) is 62.0. The van der Waals surface area contributed by atoms with Crippen LogP contribution >= 0.6 is 15.6 Å². The van der Waals surface area contributed by atoms with Gasteiger partial charge in [0.15, 0.2) is 12.2 Å². The zero-order chi connectivity index (χ0) is 68.2. The van der Waals surface area contributed by atoms with Gasteiger partial charge in [-0.3, -0.25) is 37.3 Å². The third kappa shape index (κ3) is 64.1. The molecule has 0 rings (SSSR count). The van der Waals surface area contributed by atoms with Gasteiger partial charge in [-0.15, -0.1) is 0 Å². The smallest absolute Gasteiger partial charge is 0.462 e. The van der Waals surface area contributed by atoms with Crippen molar-refractivity contribution in [2.45, 2.75) is 382 Å². The fraction of sp³-hybridized carbons (Fsp3) is 0.945. The van der Waals surface area contributed by atoms with E-state index in [-0.39, 0.29) is 25.7 Å². The SMILES string of the molecule is CCC(C)CCCCCCCCCCC(=O)OC[C@H](COP(=O)(O)OCC(O)COP(=O)(O)OC[C@@H](COC(=O)CCCCCCCCCC(C)C)OC(=O)CCCCCCCCCCCCCCCCCC(C)C)OC(=O)CCCCCCCCCCC(C)CC. The predicted molar refractivity (Wildman–Crippen MR) is 372 cm³/mol. The van der Waals surface area contributed by atoms with Crippen molar-refractivity contribution in [3.63, 3.8) is 0 Å². The van der Waals surface area contributed by atoms with E-state index in [1.165, 1.54) is 161 Å². The van der Waals surface area contributed by atoms with Gasteiger partial charge in [0.1, 0.15) is 19.3 Å². The molecule has 0 saturated carbocycles. The molecule has 0 fully saturated rings. The number of aliphatic hydroxyl groups is 1. The first-order valence-corrected chi connectivity index (χ1v) is 40.8. The van der Waals surface area contributed by atoms with E-state index in [0.717, 1.165) is 114 Å². The lowest BCUT2D eigenvalue weighted by Crippen LogP contribution is -2.30. The molecule has 546 valence electrons. The number of hydrogen-bond donors (Lipinski definition) is 3. The summed E-state index contributed by atoms with van der Waals surface area (Å²) >= 11 is 0. The lowest BCUT2D eigenvalue weighted by atomic mass is 9.99. The standard InChI is InChI=1S/C73H142O17P2/c1-9-65(7)51-43-35-27-20-22-29-37-45-53-70(75)83-59-68(90-73(78)56-48-40-31-23-21-28-36-44-52-66(8)10-2)61-87-91(79,80)85-57-67(74)58-86-92(81,82)88-62-69(60-84-71(76)54-46-38-32-24-26-34-42-50-64(5)6)89-72(77)55-47-39-30-19-17-15-13-11-12-14-16-18-25-33-41-49-63(3)4/h63-69,74H,9-62H2,1-8H3,(H,79,80)(H,81,82)/t65?,66?,67?,68-,69-/m1/s1. The number of hydrogen-bond acceptors (Lipinski definition) is 15. The molecule has 5 unspecified atom stereocenters. The van der Waals surface area contributed by atoms with Crippen LogP contribution in [0.2, 0.25) is 0 Å². The van der Waals surface area contributed by atoms with Crippen LogP contribution in [0.1, 0.15) is 364 Å². The molecule has 0 bridgehead atoms. The normalized spacial score (nSPS) is 14.8. The van der Waals surface area contributed by atoms with Gasteiger partial charge in [-0.25, -0.2) is 9.13 Å². The summed E-state index contributed by atoms with van der Waals surface area (Å²) in [5.74, 6) is 0.927. The number of phosphoric ester groups is 2. The molecule has 19 heteroatoms. The fourth-order valence-corrected chi connectivity index (χ4v) is 12.5. The molecular weight excluding hydrogens is 1210 g/mol. The summed E-state index contributed by atoms with van der Waals surface area (Å²) < 4.78 is 68.4. The molecule has 0 heterocycles. The molecule has 0 aliphatic rings. The third-order valence-corrected chi connectivity index (χ3v) is 19.4. The highest BCUT2D eigenvalue weighted by Gasteiger charge is 2.30. The lowest BCUT2D eigenvalue weighted by molar-refractivity contribution is -0.161. The summed E-state index contributed by atoms with van der Waals surface area (Å²) in [7, 11) is -9.91. The Morgan fingerprint density at radius 3 is 0.772 bits per heavy atom. The molecule has 0 aliphatic carbocycles. The Labute approximate surface area is 562 Å². The van der Waals surface area contributed by atoms with E-state index < -0.39 is 97.5 Å². The highest BCUT2D eigenvalue weighted by atomic mass is 31.2. The quantitative estimate of drug-likeness (QED) is 0.0222. The Hall–Kier alpha value is -1.94. The predicted octanol–water partition coefficient (Wildman–Crippen LogP) is 20.9. The maximum absolute atomic E-state index is 13.0. The van der Waals surface area contributed by atoms with Crippen molar-refractivity contribution in [2.24, 2.45) is 23.7 Å². The maximum Gasteiger partial charge on any atom is 0.472 e. The lowest BCUT2D eigenvalue weighted by Gasteiger charge is -2.21. The summed E-state index contributed by atoms with van der Waals surface area (Å²) in [5, 5.41) is 10.6. The number of aliphatic hydroxyl groups excluding tert-OH is 1. The Balaban J connectivity index is 5.24. The highest BCUT2D eigenvalue weighted by Crippen LogP contribution is 2.45. The van der Waals surface area contributed by atoms with E-state index in [1.807, 2.05) is 0 Å². The monoisotopic (exact) mass is 1350 g/mol. The van der Waals surface area contributed by atoms with E-state index in [9.17, 15) is 43.2 Å². The van der Waals surface area contributed by atoms with E-state index in [1.54, 1.807) is 0 Å². The molecule has 0 aromatic rings. The van der Waals surface area contributed by atoms with Gasteiger partial charge in [-0.05, 0) is 49.4 Å². The average molecular weight is 1350 g/mol. The van der Waals surface area contributed by atoms with Crippen LogP contribution in [0.3, 0.4) is 0 Å². The van der Waals surface area contributed by atoms with Crippen molar-refractivity contribution in [3.8, 4) is 0 Å². The van der Waals surface area contributed by atoms with Crippen LogP contribution in [0, 0.1) is 23.7 Å². The highest BCUT2D eigenvalue weighted by molar-refractivity contribution is 7.47. The second-order valence-electron chi connectivity index (χ2n) is 27.8. The van der Waals surface area contributed by atoms with Crippen LogP contribution in [-0.4, -0.2) is 96.7 Å². The van der Waals surface area contributed by atoms with Crippen molar-refractivity contribution in [2.75, 3.05) is 39.6 Å². The first-order valence-electron chi connectivity index (χ1n) is 37.8. The molecule has 0 spiro atoms. The summed E-state index contributed by atoms with van der Waals surface area (Å²) in [6.45, 7) is 14.1. The van der Waals surface area contributed by atoms with Crippen LogP contribution < -0.4 is 0 Å². The number of unbranched alkanes of at least 4 members (excludes halogenated alkanes) is 34. The van der Waals surface area contributed by atoms with Crippen molar-refractivity contribution < 1.29 is 80.2 Å². The number of ether oxygens (including phenoxy) is 4. The minimum Gasteiger partial charge on any atom is -0.462 e. The van der Waals surface area contributed by atoms with Crippen molar-refractivity contribution in [3.05, 3.63) is 0 Å². The summed E-state index contributed by atoms with van der Waals surface area (Å²) in [4.78, 5) is 72.7. The molecule has 0 aromatic heterocycles. The Morgan fingerprint density at radius 2 is 0.522 bits per heavy atom. The van der Waals surface area contributed by atoms with Crippen LogP contribution in [-0.2, 0) is 65.4 Å². The fourth-order valence-electron chi connectivity index (χ4n) is 11.0. The molecule has 7 atom stereocenters. The first kappa shape index (κ1) is 90.1. The molecule has 17 nitrogen and oxygen atoms in total. The Kier molecular flexibility index (Phi) is 61.3. The van der Waals surface area contributed by atoms with Gasteiger partial charge < -0.3 is 33.8 Å². The van der Waals surface area contributed by atoms with E-state index in [4.69, 9.17) is 37.0 Å². The number of carbonyl (C=O) groups excluding carboxylic acids is 4. The molecule has 0 radical (unpaired) electrons. The van der Waals surface area contributed by atoms with Gasteiger partial charge in [0.05, 0.1) is 26.4 Å². The topological polar surface area (TPSA) is 237 Å². The van der Waals surface area contributed by atoms with Crippen LogP contribution in [0.5, 0.6) is 0 Å². The van der Waals surface area contributed by atoms with Crippen molar-refractivity contribution >= 4 is 39.5 Å². The van der Waals surface area contributed by atoms with Gasteiger partial charge in [0.25, 0.3) is 0 Å². The van der Waals surface area contributed by atoms with E-state index in [0.29, 0.717) is 31.6 Å². The average Bonchev–Trinajstić information content (AvgIpc) is 2.70. The van der Waals surface area contributed by atoms with Crippen LogP contribution in [0.15, 0.2) is 0 Å². The first-order chi connectivity index (χ1) is 44.2. The van der Waals surface area contributed by atoms with Gasteiger partial charge >= 0.3 is 39.5 Å². The van der Waals surface area contributed by atoms with Gasteiger partial charge in [0.2, 0.25) is 0 Å². The van der Waals surface area contributed by atoms with Crippen molar-refractivity contribution in [1.29, 1.82) is 0 Å². The largest absolute Gasteiger partial charge is 0.472 e. The Morgan fingerprint density at radius 1 is 0.304 bits per heavy atom. The molecule has 0 aromatic carbocycles. The maximum atomic E-state index is 13.0. The number of rotatable bonds is 70. The Bertz CT molecular complexity index is 1820. The number of phosphoric acid groups is 2. The zero-order valence-electron chi connectivity index (χ0n) is 60.2. The molecule has 92 heavy (non-hydrogen) atoms. The van der Waals surface area contributed by atoms with Crippen molar-refractivity contribution in [1.82, 2.24) is 0 Å². The van der Waals surface area contributed by atoms with E-state index in [2.05, 4.69) is 55.4 Å². The second-order valence-corrected chi connectivity index (χ2v) is 30.7. The van der Waals surface area contributed by atoms with Gasteiger partial charge in [-0.1, -0.05) is 312 Å². The summed E-state index contributed by atoms with van der Waals surface area (Å²) in [6.07, 6.45) is 45.8. The molecule has 0 aliphatic heterocycles. The molecule has 3 N–H and O–H groups in total. The van der Waals surface area contributed by atoms with E-state index >= 15 is 0 Å². The van der Waals surface area contributed by atoms with Gasteiger partial charge in [-0.2, -0.15) is 0 Å². The molecule has 0 amide bonds. The molecule has 0 saturated heterocycles. The minimum atomic E-state index is -4.95. The van der Waals surface area contributed by atoms with Crippen LogP contribution in [0.4, 0.5) is 0 Å². The molecular formula is C73H142O17P2. The summed E-state index contributed by atoms with van der Waals surface area (Å²) in [6, 6.07) is 0.